The normalized spacial score (nSPS) is 10.3. The Balaban J connectivity index is 2.14. The molecule has 0 aliphatic heterocycles. The third-order valence-electron chi connectivity index (χ3n) is 2.46. The minimum absolute atomic E-state index is 0.137. The summed E-state index contributed by atoms with van der Waals surface area (Å²) in [5.41, 5.74) is 0.920. The Bertz CT molecular complexity index is 366. The van der Waals surface area contributed by atoms with Crippen molar-refractivity contribution in [1.82, 2.24) is 10.2 Å². The van der Waals surface area contributed by atoms with Crippen LogP contribution in [0.5, 0.6) is 0 Å². The van der Waals surface area contributed by atoms with Crippen molar-refractivity contribution in [3.63, 3.8) is 0 Å². The molecular weight excluding hydrogens is 219 g/mol. The molecule has 94 valence electrons. The van der Waals surface area contributed by atoms with Gasteiger partial charge in [-0.2, -0.15) is 0 Å². The van der Waals surface area contributed by atoms with Crippen LogP contribution >= 0.6 is 0 Å². The second kappa shape index (κ2) is 7.01. The van der Waals surface area contributed by atoms with Crippen LogP contribution in [0.3, 0.4) is 0 Å². The first-order valence-corrected chi connectivity index (χ1v) is 5.75. The molecule has 0 spiro atoms. The summed E-state index contributed by atoms with van der Waals surface area (Å²) in [7, 11) is 3.50. The minimum atomic E-state index is -0.216. The number of nitrogens with one attached hydrogen (secondary N) is 1. The molecule has 0 fully saturated rings. The topological polar surface area (TPSA) is 32.3 Å². The minimum Gasteiger partial charge on any atom is -0.349 e. The molecule has 0 aromatic heterocycles. The largest absolute Gasteiger partial charge is 0.349 e. The third-order valence-corrected chi connectivity index (χ3v) is 2.46. The van der Waals surface area contributed by atoms with Gasteiger partial charge in [0.15, 0.2) is 0 Å². The van der Waals surface area contributed by atoms with Crippen LogP contribution in [0.25, 0.3) is 0 Å². The lowest BCUT2D eigenvalue weighted by molar-refractivity contribution is -0.128. The summed E-state index contributed by atoms with van der Waals surface area (Å²) < 4.78 is 12.9. The van der Waals surface area contributed by atoms with Crippen molar-refractivity contribution in [1.29, 1.82) is 0 Å². The van der Waals surface area contributed by atoms with Crippen LogP contribution in [0.2, 0.25) is 0 Å². The number of hydrogen-bond donors (Lipinski definition) is 1. The van der Waals surface area contributed by atoms with Crippen LogP contribution in [0.1, 0.15) is 18.4 Å². The number of amides is 1. The highest BCUT2D eigenvalue weighted by Crippen LogP contribution is 2.02. The summed E-state index contributed by atoms with van der Waals surface area (Å²) in [5, 5.41) is 3.19. The summed E-state index contributed by atoms with van der Waals surface area (Å²) >= 11 is 0. The van der Waals surface area contributed by atoms with E-state index in [0.29, 0.717) is 13.0 Å². The Morgan fingerprint density at radius 3 is 2.82 bits per heavy atom. The molecule has 0 bridgehead atoms. The molecule has 3 nitrogen and oxygen atoms in total. The van der Waals surface area contributed by atoms with Gasteiger partial charge in [-0.3, -0.25) is 4.79 Å². The molecule has 0 saturated heterocycles. The number of rotatable bonds is 6. The number of carbonyl (C=O) groups excluding carboxylic acids is 1. The molecule has 4 heteroatoms. The Kier molecular flexibility index (Phi) is 5.63. The molecule has 0 aliphatic carbocycles. The summed E-state index contributed by atoms with van der Waals surface area (Å²) in [6.45, 7) is 1.39. The Labute approximate surface area is 102 Å². The quantitative estimate of drug-likeness (QED) is 0.766. The molecule has 1 N–H and O–H groups in total. The monoisotopic (exact) mass is 238 g/mol. The van der Waals surface area contributed by atoms with E-state index < -0.39 is 0 Å². The highest BCUT2D eigenvalue weighted by atomic mass is 19.1. The van der Waals surface area contributed by atoms with E-state index in [2.05, 4.69) is 5.32 Å². The molecule has 1 aromatic rings. The zero-order valence-corrected chi connectivity index (χ0v) is 10.4. The van der Waals surface area contributed by atoms with E-state index in [9.17, 15) is 9.18 Å². The van der Waals surface area contributed by atoms with Crippen molar-refractivity contribution in [3.05, 3.63) is 35.6 Å². The Morgan fingerprint density at radius 1 is 1.41 bits per heavy atom. The van der Waals surface area contributed by atoms with E-state index in [1.807, 2.05) is 6.07 Å². The Hall–Kier alpha value is -1.42. The van der Waals surface area contributed by atoms with Crippen molar-refractivity contribution < 1.29 is 9.18 Å². The summed E-state index contributed by atoms with van der Waals surface area (Å²) in [6, 6.07) is 6.51. The van der Waals surface area contributed by atoms with Crippen LogP contribution < -0.4 is 5.32 Å². The molecule has 17 heavy (non-hydrogen) atoms. The van der Waals surface area contributed by atoms with Crippen LogP contribution in [0, 0.1) is 5.82 Å². The summed E-state index contributed by atoms with van der Waals surface area (Å²) in [5.74, 6) is -0.0790. The van der Waals surface area contributed by atoms with E-state index in [-0.39, 0.29) is 11.7 Å². The summed E-state index contributed by atoms with van der Waals surface area (Å²) in [6.07, 6.45) is 1.34. The molecule has 0 radical (unpaired) electrons. The maximum atomic E-state index is 12.9. The Morgan fingerprint density at radius 2 is 2.18 bits per heavy atom. The lowest BCUT2D eigenvalue weighted by Gasteiger charge is -2.10. The number of carbonyl (C=O) groups is 1. The fourth-order valence-corrected chi connectivity index (χ4v) is 1.47. The second-order valence-corrected chi connectivity index (χ2v) is 4.20. The van der Waals surface area contributed by atoms with Crippen LogP contribution in [-0.4, -0.2) is 31.4 Å². The maximum absolute atomic E-state index is 12.9. The lowest BCUT2D eigenvalue weighted by atomic mass is 10.2. The van der Waals surface area contributed by atoms with Crippen molar-refractivity contribution in [2.45, 2.75) is 19.4 Å². The first kappa shape index (κ1) is 13.6. The molecule has 0 atom stereocenters. The van der Waals surface area contributed by atoms with Crippen molar-refractivity contribution in [2.24, 2.45) is 0 Å². The first-order valence-electron chi connectivity index (χ1n) is 5.75. The van der Waals surface area contributed by atoms with Gasteiger partial charge in [-0.15, -0.1) is 0 Å². The number of halogens is 1. The van der Waals surface area contributed by atoms with Gasteiger partial charge in [0.05, 0.1) is 0 Å². The van der Waals surface area contributed by atoms with Crippen LogP contribution in [-0.2, 0) is 11.3 Å². The molecule has 1 aromatic carbocycles. The average Bonchev–Trinajstić information content (AvgIpc) is 2.28. The maximum Gasteiger partial charge on any atom is 0.222 e. The highest BCUT2D eigenvalue weighted by molar-refractivity contribution is 5.75. The van der Waals surface area contributed by atoms with Gasteiger partial charge in [0.2, 0.25) is 5.91 Å². The predicted molar refractivity (Wildman–Crippen MR) is 66.0 cm³/mol. The van der Waals surface area contributed by atoms with Gasteiger partial charge in [-0.1, -0.05) is 12.1 Å². The molecule has 0 aliphatic rings. The molecular formula is C13H19FN2O. The summed E-state index contributed by atoms with van der Waals surface area (Å²) in [4.78, 5) is 12.9. The number of nitrogens with zero attached hydrogens (tertiary/aromatic N) is 1. The number of hydrogen-bond acceptors (Lipinski definition) is 2. The van der Waals surface area contributed by atoms with Gasteiger partial charge < -0.3 is 10.2 Å². The molecule has 1 rings (SSSR count). The number of benzene rings is 1. The van der Waals surface area contributed by atoms with Gasteiger partial charge >= 0.3 is 0 Å². The van der Waals surface area contributed by atoms with Crippen molar-refractivity contribution in [2.75, 3.05) is 20.6 Å². The van der Waals surface area contributed by atoms with Gasteiger partial charge in [-0.25, -0.2) is 4.39 Å². The smallest absolute Gasteiger partial charge is 0.222 e. The van der Waals surface area contributed by atoms with E-state index in [0.717, 1.165) is 18.5 Å². The van der Waals surface area contributed by atoms with Gasteiger partial charge in [0, 0.05) is 27.1 Å². The predicted octanol–water partition coefficient (Wildman–Crippen LogP) is 1.78. The zero-order valence-electron chi connectivity index (χ0n) is 10.4. The zero-order chi connectivity index (χ0) is 12.7. The second-order valence-electron chi connectivity index (χ2n) is 4.20. The SMILES string of the molecule is CN(C)C(=O)CCCNCc1cccc(F)c1. The standard InChI is InChI=1S/C13H19FN2O/c1-16(2)13(17)7-4-8-15-10-11-5-3-6-12(14)9-11/h3,5-6,9,15H,4,7-8,10H2,1-2H3. The average molecular weight is 238 g/mol. The third kappa shape index (κ3) is 5.45. The lowest BCUT2D eigenvalue weighted by Crippen LogP contribution is -2.23. The van der Waals surface area contributed by atoms with Crippen LogP contribution in [0.4, 0.5) is 4.39 Å². The molecule has 0 saturated carbocycles. The van der Waals surface area contributed by atoms with Gasteiger partial charge in [0.1, 0.15) is 5.82 Å². The van der Waals surface area contributed by atoms with E-state index in [4.69, 9.17) is 0 Å². The van der Waals surface area contributed by atoms with E-state index in [1.165, 1.54) is 12.1 Å². The van der Waals surface area contributed by atoms with Crippen molar-refractivity contribution in [3.8, 4) is 0 Å². The van der Waals surface area contributed by atoms with Gasteiger partial charge in [0.25, 0.3) is 0 Å². The van der Waals surface area contributed by atoms with E-state index >= 15 is 0 Å². The molecule has 0 heterocycles. The highest BCUT2D eigenvalue weighted by Gasteiger charge is 2.02. The first-order chi connectivity index (χ1) is 8.09. The fourth-order valence-electron chi connectivity index (χ4n) is 1.47. The van der Waals surface area contributed by atoms with Gasteiger partial charge in [-0.05, 0) is 30.7 Å². The van der Waals surface area contributed by atoms with Crippen molar-refractivity contribution >= 4 is 5.91 Å². The molecule has 0 unspecified atom stereocenters. The molecule has 1 amide bonds. The van der Waals surface area contributed by atoms with E-state index in [1.54, 1.807) is 25.1 Å². The van der Waals surface area contributed by atoms with Crippen LogP contribution in [0.15, 0.2) is 24.3 Å². The fraction of sp³-hybridized carbons (Fsp3) is 0.462.